The molecule has 0 aliphatic heterocycles. The van der Waals surface area contributed by atoms with E-state index in [1.54, 1.807) is 12.1 Å². The van der Waals surface area contributed by atoms with Gasteiger partial charge in [0, 0.05) is 29.4 Å². The summed E-state index contributed by atoms with van der Waals surface area (Å²) in [6.07, 6.45) is 2.25. The Bertz CT molecular complexity index is 1450. The highest BCUT2D eigenvalue weighted by atomic mass is 16.3. The number of aryl methyl sites for hydroxylation is 2. The topological polar surface area (TPSA) is 119 Å². The Hall–Kier alpha value is -4.72. The van der Waals surface area contributed by atoms with Crippen molar-refractivity contribution in [1.82, 2.24) is 15.2 Å². The molecular formula is C27H24N6O2. The second-order valence-corrected chi connectivity index (χ2v) is 8.09. The van der Waals surface area contributed by atoms with Gasteiger partial charge in [-0.2, -0.15) is 0 Å². The number of nitrogens with one attached hydrogen (secondary N) is 2. The number of rotatable bonds is 7. The van der Waals surface area contributed by atoms with Crippen molar-refractivity contribution >= 4 is 34.3 Å². The molecule has 0 aliphatic carbocycles. The zero-order valence-electron chi connectivity index (χ0n) is 18.9. The van der Waals surface area contributed by atoms with Gasteiger partial charge in [-0.15, -0.1) is 10.2 Å². The first-order valence-electron chi connectivity index (χ1n) is 11.3. The fourth-order valence-electron chi connectivity index (χ4n) is 3.82. The van der Waals surface area contributed by atoms with E-state index in [0.717, 1.165) is 40.9 Å². The number of carbonyl (C=O) groups is 1. The van der Waals surface area contributed by atoms with E-state index >= 15 is 0 Å². The van der Waals surface area contributed by atoms with Crippen molar-refractivity contribution in [2.45, 2.75) is 19.3 Å². The summed E-state index contributed by atoms with van der Waals surface area (Å²) in [5.41, 5.74) is 11.4. The summed E-state index contributed by atoms with van der Waals surface area (Å²) in [7, 11) is 0. The van der Waals surface area contributed by atoms with Crippen LogP contribution in [0, 0.1) is 0 Å². The number of nitrogen functional groups attached to an aromatic ring is 1. The van der Waals surface area contributed by atoms with Crippen LogP contribution in [0.3, 0.4) is 0 Å². The summed E-state index contributed by atoms with van der Waals surface area (Å²) < 4.78 is 5.80. The Kier molecular flexibility index (Phi) is 6.34. The third-order valence-electron chi connectivity index (χ3n) is 5.53. The molecule has 0 saturated carbocycles. The van der Waals surface area contributed by atoms with Crippen molar-refractivity contribution in [1.29, 1.82) is 0 Å². The molecule has 35 heavy (non-hydrogen) atoms. The lowest BCUT2D eigenvalue weighted by Gasteiger charge is -2.11. The Morgan fingerprint density at radius 1 is 0.857 bits per heavy atom. The van der Waals surface area contributed by atoms with E-state index < -0.39 is 0 Å². The van der Waals surface area contributed by atoms with E-state index in [4.69, 9.17) is 10.2 Å². The molecule has 2 amide bonds. The van der Waals surface area contributed by atoms with Crippen molar-refractivity contribution in [2.24, 2.45) is 0 Å². The summed E-state index contributed by atoms with van der Waals surface area (Å²) in [5, 5.41) is 14.0. The highest BCUT2D eigenvalue weighted by Gasteiger charge is 2.10. The molecule has 2 heterocycles. The number of anilines is 3. The number of urea groups is 1. The van der Waals surface area contributed by atoms with Crippen molar-refractivity contribution in [3.63, 3.8) is 0 Å². The van der Waals surface area contributed by atoms with Crippen LogP contribution in [0.5, 0.6) is 0 Å². The van der Waals surface area contributed by atoms with Crippen LogP contribution in [-0.2, 0) is 12.8 Å². The molecule has 5 rings (SSSR count). The first-order chi connectivity index (χ1) is 17.1. The van der Waals surface area contributed by atoms with Gasteiger partial charge in [-0.1, -0.05) is 48.5 Å². The average molecular weight is 465 g/mol. The molecule has 174 valence electrons. The second kappa shape index (κ2) is 10.0. The number of aromatic nitrogens is 3. The van der Waals surface area contributed by atoms with Crippen LogP contribution in [0.25, 0.3) is 22.4 Å². The summed E-state index contributed by atoms with van der Waals surface area (Å²) in [6.45, 7) is 0. The number of oxazole rings is 1. The number of nitrogens with two attached hydrogens (primary N) is 1. The highest BCUT2D eigenvalue weighted by molar-refractivity contribution is 5.99. The van der Waals surface area contributed by atoms with Crippen LogP contribution < -0.4 is 16.4 Å². The number of hydrogen-bond acceptors (Lipinski definition) is 6. The maximum absolute atomic E-state index is 12.6. The largest absolute Gasteiger partial charge is 0.441 e. The minimum Gasteiger partial charge on any atom is -0.441 e. The van der Waals surface area contributed by atoms with Crippen LogP contribution in [-0.4, -0.2) is 21.2 Å². The molecule has 0 unspecified atom stereocenters. The lowest BCUT2D eigenvalue weighted by Crippen LogP contribution is -2.21. The van der Waals surface area contributed by atoms with Gasteiger partial charge >= 0.3 is 6.03 Å². The first kappa shape index (κ1) is 22.1. The SMILES string of the molecule is Nc1ccc2nc(CCCc3ccccc3NC(=O)Nc3ccc(-c4ccccc4)nn3)oc2c1. The standard InChI is InChI=1S/C27H24N6O2/c28-20-13-14-23-24(17-20)35-26(29-23)12-6-10-18-9-4-5-11-21(18)30-27(34)31-25-16-15-22(32-33-25)19-7-2-1-3-8-19/h1-5,7-9,11,13-17H,6,10,12,28H2,(H2,30,31,33,34). The number of nitrogens with zero attached hydrogens (tertiary/aromatic N) is 3. The molecular weight excluding hydrogens is 440 g/mol. The number of fused-ring (bicyclic) bond motifs is 1. The van der Waals surface area contributed by atoms with Gasteiger partial charge in [-0.3, -0.25) is 5.32 Å². The maximum atomic E-state index is 12.6. The third kappa shape index (κ3) is 5.44. The second-order valence-electron chi connectivity index (χ2n) is 8.09. The molecule has 3 aromatic carbocycles. The van der Waals surface area contributed by atoms with Crippen molar-refractivity contribution in [3.05, 3.63) is 96.4 Å². The van der Waals surface area contributed by atoms with Crippen molar-refractivity contribution < 1.29 is 9.21 Å². The molecule has 2 aromatic heterocycles. The Morgan fingerprint density at radius 3 is 2.51 bits per heavy atom. The van der Waals surface area contributed by atoms with Crippen LogP contribution in [0.15, 0.2) is 89.3 Å². The molecule has 0 atom stereocenters. The molecule has 4 N–H and O–H groups in total. The number of carbonyl (C=O) groups excluding carboxylic acids is 1. The Labute approximate surface area is 202 Å². The fraction of sp³-hybridized carbons (Fsp3) is 0.111. The van der Waals surface area contributed by atoms with Crippen LogP contribution in [0.4, 0.5) is 22.0 Å². The molecule has 0 fully saturated rings. The van der Waals surface area contributed by atoms with Crippen LogP contribution in [0.1, 0.15) is 17.9 Å². The van der Waals surface area contributed by atoms with E-state index in [2.05, 4.69) is 25.8 Å². The third-order valence-corrected chi connectivity index (χ3v) is 5.53. The molecule has 8 nitrogen and oxygen atoms in total. The van der Waals surface area contributed by atoms with E-state index in [1.165, 1.54) is 0 Å². The molecule has 5 aromatic rings. The van der Waals surface area contributed by atoms with E-state index in [-0.39, 0.29) is 6.03 Å². The predicted octanol–water partition coefficient (Wildman–Crippen LogP) is 5.69. The lowest BCUT2D eigenvalue weighted by molar-refractivity contribution is 0.262. The molecule has 0 saturated heterocycles. The Balaban J connectivity index is 1.18. The van der Waals surface area contributed by atoms with Gasteiger partial charge in [-0.25, -0.2) is 9.78 Å². The normalized spacial score (nSPS) is 10.9. The maximum Gasteiger partial charge on any atom is 0.324 e. The minimum absolute atomic E-state index is 0.372. The average Bonchev–Trinajstić information content (AvgIpc) is 3.28. The summed E-state index contributed by atoms with van der Waals surface area (Å²) in [6, 6.07) is 26.1. The van der Waals surface area contributed by atoms with Crippen LogP contribution >= 0.6 is 0 Å². The summed E-state index contributed by atoms with van der Waals surface area (Å²) in [5.74, 6) is 1.04. The molecule has 0 spiro atoms. The lowest BCUT2D eigenvalue weighted by atomic mass is 10.1. The molecule has 8 heteroatoms. The zero-order valence-corrected chi connectivity index (χ0v) is 18.9. The van der Waals surface area contributed by atoms with Gasteiger partial charge in [0.15, 0.2) is 17.3 Å². The number of hydrogen-bond donors (Lipinski definition) is 3. The summed E-state index contributed by atoms with van der Waals surface area (Å²) >= 11 is 0. The number of para-hydroxylation sites is 1. The molecule has 0 bridgehead atoms. The predicted molar refractivity (Wildman–Crippen MR) is 137 cm³/mol. The van der Waals surface area contributed by atoms with Gasteiger partial charge in [0.05, 0.1) is 5.69 Å². The fourth-order valence-corrected chi connectivity index (χ4v) is 3.82. The summed E-state index contributed by atoms with van der Waals surface area (Å²) in [4.78, 5) is 17.1. The Morgan fingerprint density at radius 2 is 1.69 bits per heavy atom. The zero-order chi connectivity index (χ0) is 24.0. The first-order valence-corrected chi connectivity index (χ1v) is 11.3. The van der Waals surface area contributed by atoms with E-state index in [9.17, 15) is 4.79 Å². The van der Waals surface area contributed by atoms with Crippen molar-refractivity contribution in [3.8, 4) is 11.3 Å². The van der Waals surface area contributed by atoms with E-state index in [1.807, 2.05) is 72.8 Å². The van der Waals surface area contributed by atoms with Crippen molar-refractivity contribution in [2.75, 3.05) is 16.4 Å². The van der Waals surface area contributed by atoms with Gasteiger partial charge < -0.3 is 15.5 Å². The quantitative estimate of drug-likeness (QED) is 0.266. The minimum atomic E-state index is -0.379. The monoisotopic (exact) mass is 464 g/mol. The van der Waals surface area contributed by atoms with Gasteiger partial charge in [0.1, 0.15) is 5.52 Å². The van der Waals surface area contributed by atoms with Gasteiger partial charge in [0.2, 0.25) is 0 Å². The molecule has 0 radical (unpaired) electrons. The van der Waals surface area contributed by atoms with Gasteiger partial charge in [-0.05, 0) is 48.7 Å². The van der Waals surface area contributed by atoms with Crippen LogP contribution in [0.2, 0.25) is 0 Å². The number of amides is 2. The smallest absolute Gasteiger partial charge is 0.324 e. The number of benzene rings is 3. The molecule has 0 aliphatic rings. The van der Waals surface area contributed by atoms with E-state index in [0.29, 0.717) is 29.4 Å². The van der Waals surface area contributed by atoms with Gasteiger partial charge in [0.25, 0.3) is 0 Å². The highest BCUT2D eigenvalue weighted by Crippen LogP contribution is 2.22.